The Kier molecular flexibility index (Phi) is 5.40. The molecule has 0 aliphatic carbocycles. The second kappa shape index (κ2) is 7.62. The maximum Gasteiger partial charge on any atom is 0.307 e. The van der Waals surface area contributed by atoms with Gasteiger partial charge in [-0.2, -0.15) is 0 Å². The molecule has 1 aliphatic heterocycles. The van der Waals surface area contributed by atoms with Crippen molar-refractivity contribution in [3.63, 3.8) is 0 Å². The normalized spacial score (nSPS) is 16.0. The zero-order chi connectivity index (χ0) is 20.5. The molecule has 2 heterocycles. The maximum absolute atomic E-state index is 12.0. The summed E-state index contributed by atoms with van der Waals surface area (Å²) in [5.74, 6) is -1.41. The number of piperidine rings is 1. The van der Waals surface area contributed by atoms with Gasteiger partial charge < -0.3 is 15.7 Å². The van der Waals surface area contributed by atoms with E-state index < -0.39 is 11.9 Å². The average Bonchev–Trinajstić information content (AvgIpc) is 2.63. The van der Waals surface area contributed by atoms with Gasteiger partial charge in [-0.05, 0) is 36.8 Å². The predicted molar refractivity (Wildman–Crippen MR) is 109 cm³/mol. The van der Waals surface area contributed by atoms with Gasteiger partial charge in [0.1, 0.15) is 0 Å². The van der Waals surface area contributed by atoms with Gasteiger partial charge in [-0.1, -0.05) is 32.0 Å². The monoisotopic (exact) mass is 381 g/mol. The van der Waals surface area contributed by atoms with Crippen LogP contribution in [-0.2, 0) is 11.2 Å². The highest BCUT2D eigenvalue weighted by Gasteiger charge is 2.29. The second-order valence-corrected chi connectivity index (χ2v) is 8.22. The van der Waals surface area contributed by atoms with E-state index in [0.29, 0.717) is 22.4 Å². The fourth-order valence-electron chi connectivity index (χ4n) is 3.82. The smallest absolute Gasteiger partial charge is 0.307 e. The van der Waals surface area contributed by atoms with E-state index in [4.69, 9.17) is 5.73 Å². The van der Waals surface area contributed by atoms with Gasteiger partial charge in [0.2, 0.25) is 5.91 Å². The SMILES string of the molecule is Cc1ncc(-c2ccccc2C(N)=O)c(N2CCC(C)(C)CC2)c1CC(=O)O. The molecule has 0 spiro atoms. The molecular weight excluding hydrogens is 354 g/mol. The molecule has 0 bridgehead atoms. The molecule has 0 radical (unpaired) electrons. The highest BCUT2D eigenvalue weighted by Crippen LogP contribution is 2.40. The zero-order valence-corrected chi connectivity index (χ0v) is 16.7. The summed E-state index contributed by atoms with van der Waals surface area (Å²) in [6.45, 7) is 8.00. The first-order valence-electron chi connectivity index (χ1n) is 9.54. The van der Waals surface area contributed by atoms with Gasteiger partial charge in [-0.3, -0.25) is 14.6 Å². The summed E-state index contributed by atoms with van der Waals surface area (Å²) < 4.78 is 0. The van der Waals surface area contributed by atoms with E-state index in [1.807, 2.05) is 19.1 Å². The van der Waals surface area contributed by atoms with E-state index >= 15 is 0 Å². The molecule has 6 heteroatoms. The third-order valence-electron chi connectivity index (χ3n) is 5.61. The number of amides is 1. The van der Waals surface area contributed by atoms with Crippen molar-refractivity contribution in [2.45, 2.75) is 40.0 Å². The molecule has 1 saturated heterocycles. The molecule has 3 N–H and O–H groups in total. The Bertz CT molecular complexity index is 911. The summed E-state index contributed by atoms with van der Waals surface area (Å²) in [6, 6.07) is 7.15. The zero-order valence-electron chi connectivity index (χ0n) is 16.7. The summed E-state index contributed by atoms with van der Waals surface area (Å²) in [5.41, 5.74) is 9.97. The molecule has 28 heavy (non-hydrogen) atoms. The summed E-state index contributed by atoms with van der Waals surface area (Å²) >= 11 is 0. The van der Waals surface area contributed by atoms with Gasteiger partial charge in [0, 0.05) is 41.7 Å². The molecule has 3 rings (SSSR count). The Hall–Kier alpha value is -2.89. The molecule has 1 fully saturated rings. The Morgan fingerprint density at radius 2 is 1.82 bits per heavy atom. The van der Waals surface area contributed by atoms with Crippen LogP contribution in [0.25, 0.3) is 11.1 Å². The number of anilines is 1. The minimum Gasteiger partial charge on any atom is -0.481 e. The fourth-order valence-corrected chi connectivity index (χ4v) is 3.82. The Morgan fingerprint density at radius 1 is 1.18 bits per heavy atom. The fraction of sp³-hybridized carbons (Fsp3) is 0.409. The van der Waals surface area contributed by atoms with E-state index in [-0.39, 0.29) is 11.8 Å². The highest BCUT2D eigenvalue weighted by molar-refractivity contribution is 6.02. The third kappa shape index (κ3) is 4.01. The first kappa shape index (κ1) is 19.9. The van der Waals surface area contributed by atoms with Crippen molar-refractivity contribution < 1.29 is 14.7 Å². The Balaban J connectivity index is 2.21. The first-order chi connectivity index (χ1) is 13.2. The number of carboxylic acids is 1. The Labute approximate surface area is 165 Å². The predicted octanol–water partition coefficient (Wildman–Crippen LogP) is 3.41. The summed E-state index contributed by atoms with van der Waals surface area (Å²) in [4.78, 5) is 30.2. The van der Waals surface area contributed by atoms with Gasteiger partial charge in [0.05, 0.1) is 12.1 Å². The number of aliphatic carboxylic acids is 1. The van der Waals surface area contributed by atoms with Crippen molar-refractivity contribution in [3.05, 3.63) is 47.3 Å². The molecule has 0 atom stereocenters. The lowest BCUT2D eigenvalue weighted by molar-refractivity contribution is -0.136. The molecule has 6 nitrogen and oxygen atoms in total. The van der Waals surface area contributed by atoms with Crippen molar-refractivity contribution in [1.82, 2.24) is 4.98 Å². The van der Waals surface area contributed by atoms with Crippen molar-refractivity contribution in [1.29, 1.82) is 0 Å². The van der Waals surface area contributed by atoms with Gasteiger partial charge in [-0.25, -0.2) is 0 Å². The van der Waals surface area contributed by atoms with E-state index in [1.165, 1.54) is 0 Å². The third-order valence-corrected chi connectivity index (χ3v) is 5.61. The van der Waals surface area contributed by atoms with Crippen molar-refractivity contribution in [3.8, 4) is 11.1 Å². The van der Waals surface area contributed by atoms with Crippen LogP contribution in [0.15, 0.2) is 30.5 Å². The molecule has 1 amide bonds. The molecule has 0 unspecified atom stereocenters. The number of hydrogen-bond acceptors (Lipinski definition) is 4. The quantitative estimate of drug-likeness (QED) is 0.827. The van der Waals surface area contributed by atoms with Crippen LogP contribution < -0.4 is 10.6 Å². The molecule has 0 saturated carbocycles. The van der Waals surface area contributed by atoms with E-state index in [2.05, 4.69) is 23.7 Å². The number of primary amides is 1. The first-order valence-corrected chi connectivity index (χ1v) is 9.54. The van der Waals surface area contributed by atoms with Gasteiger partial charge in [0.15, 0.2) is 0 Å². The lowest BCUT2D eigenvalue weighted by Crippen LogP contribution is -2.38. The number of carboxylic acid groups (broad SMARTS) is 1. The highest BCUT2D eigenvalue weighted by atomic mass is 16.4. The number of aromatic nitrogens is 1. The number of aryl methyl sites for hydroxylation is 1. The molecule has 148 valence electrons. The lowest BCUT2D eigenvalue weighted by Gasteiger charge is -2.40. The second-order valence-electron chi connectivity index (χ2n) is 8.22. The number of carbonyl (C=O) groups excluding carboxylic acids is 1. The number of nitrogens with zero attached hydrogens (tertiary/aromatic N) is 2. The molecule has 1 aromatic heterocycles. The molecule has 2 aromatic rings. The number of hydrogen-bond donors (Lipinski definition) is 2. The van der Waals surface area contributed by atoms with Crippen molar-refractivity contribution >= 4 is 17.6 Å². The molecular formula is C22H27N3O3. The molecule has 1 aliphatic rings. The van der Waals surface area contributed by atoms with Gasteiger partial charge in [-0.15, -0.1) is 0 Å². The summed E-state index contributed by atoms with van der Waals surface area (Å²) in [6.07, 6.45) is 3.65. The number of pyridine rings is 1. The van der Waals surface area contributed by atoms with E-state index in [9.17, 15) is 14.7 Å². The minimum atomic E-state index is -0.899. The summed E-state index contributed by atoms with van der Waals surface area (Å²) in [7, 11) is 0. The number of rotatable bonds is 5. The number of benzene rings is 1. The standard InChI is InChI=1S/C22H27N3O3/c1-14-17(12-19(26)27)20(25-10-8-22(2,3)9-11-25)18(13-24-14)15-6-4-5-7-16(15)21(23)28/h4-7,13H,8-12H2,1-3H3,(H2,23,28)(H,26,27). The Morgan fingerprint density at radius 3 is 2.43 bits per heavy atom. The van der Waals surface area contributed by atoms with Crippen LogP contribution in [0.2, 0.25) is 0 Å². The average molecular weight is 381 g/mol. The van der Waals surface area contributed by atoms with Gasteiger partial charge >= 0.3 is 5.97 Å². The summed E-state index contributed by atoms with van der Waals surface area (Å²) in [5, 5.41) is 9.48. The number of carbonyl (C=O) groups is 2. The van der Waals surface area contributed by atoms with E-state index in [0.717, 1.165) is 37.2 Å². The topological polar surface area (TPSA) is 96.5 Å². The van der Waals surface area contributed by atoms with Gasteiger partial charge in [0.25, 0.3) is 0 Å². The van der Waals surface area contributed by atoms with Crippen LogP contribution in [0, 0.1) is 12.3 Å². The van der Waals surface area contributed by atoms with Crippen LogP contribution in [0.1, 0.15) is 48.3 Å². The van der Waals surface area contributed by atoms with Crippen LogP contribution in [0.4, 0.5) is 5.69 Å². The minimum absolute atomic E-state index is 0.110. The maximum atomic E-state index is 12.0. The molecule has 1 aromatic carbocycles. The number of nitrogens with two attached hydrogens (primary N) is 1. The van der Waals surface area contributed by atoms with Crippen LogP contribution in [-0.4, -0.2) is 35.1 Å². The largest absolute Gasteiger partial charge is 0.481 e. The van der Waals surface area contributed by atoms with Crippen LogP contribution >= 0.6 is 0 Å². The van der Waals surface area contributed by atoms with E-state index in [1.54, 1.807) is 18.3 Å². The van der Waals surface area contributed by atoms with Crippen molar-refractivity contribution in [2.24, 2.45) is 11.1 Å². The lowest BCUT2D eigenvalue weighted by atomic mass is 9.82. The van der Waals surface area contributed by atoms with Crippen LogP contribution in [0.5, 0.6) is 0 Å². The van der Waals surface area contributed by atoms with Crippen LogP contribution in [0.3, 0.4) is 0 Å². The van der Waals surface area contributed by atoms with Crippen molar-refractivity contribution in [2.75, 3.05) is 18.0 Å².